The SMILES string of the molecule is COc1ccc(NC(=O)c2ccccc2Sc2nc(OC)cc(OC)n2)cc1. The Kier molecular flexibility index (Phi) is 6.33. The van der Waals surface area contributed by atoms with E-state index < -0.39 is 0 Å². The Balaban J connectivity index is 1.83. The fraction of sp³-hybridized carbons (Fsp3) is 0.150. The van der Waals surface area contributed by atoms with E-state index in [9.17, 15) is 4.79 Å². The van der Waals surface area contributed by atoms with Crippen molar-refractivity contribution in [2.24, 2.45) is 0 Å². The minimum Gasteiger partial charge on any atom is -0.497 e. The second-order valence-corrected chi connectivity index (χ2v) is 6.53. The van der Waals surface area contributed by atoms with E-state index in [4.69, 9.17) is 14.2 Å². The Hall–Kier alpha value is -3.26. The molecule has 0 aliphatic rings. The molecule has 3 aromatic rings. The van der Waals surface area contributed by atoms with Crippen LogP contribution in [0.1, 0.15) is 10.4 Å². The van der Waals surface area contributed by atoms with E-state index >= 15 is 0 Å². The Bertz CT molecular complexity index is 942. The van der Waals surface area contributed by atoms with Crippen LogP contribution in [0.3, 0.4) is 0 Å². The molecule has 0 radical (unpaired) electrons. The van der Waals surface area contributed by atoms with Gasteiger partial charge in [-0.25, -0.2) is 0 Å². The van der Waals surface area contributed by atoms with Crippen molar-refractivity contribution in [2.45, 2.75) is 10.1 Å². The molecule has 0 atom stereocenters. The maximum absolute atomic E-state index is 12.8. The number of benzene rings is 2. The first-order valence-electron chi connectivity index (χ1n) is 8.32. The van der Waals surface area contributed by atoms with Crippen LogP contribution in [0, 0.1) is 0 Å². The molecular weight excluding hydrogens is 378 g/mol. The Morgan fingerprint density at radius 2 is 1.54 bits per heavy atom. The maximum atomic E-state index is 12.8. The van der Waals surface area contributed by atoms with Gasteiger partial charge in [0.05, 0.1) is 33.0 Å². The molecule has 0 fully saturated rings. The average molecular weight is 397 g/mol. The lowest BCUT2D eigenvalue weighted by atomic mass is 10.2. The highest BCUT2D eigenvalue weighted by Crippen LogP contribution is 2.31. The van der Waals surface area contributed by atoms with Crippen LogP contribution in [0.15, 0.2) is 64.6 Å². The van der Waals surface area contributed by atoms with Gasteiger partial charge in [-0.3, -0.25) is 4.79 Å². The zero-order valence-electron chi connectivity index (χ0n) is 15.6. The first-order valence-corrected chi connectivity index (χ1v) is 9.14. The van der Waals surface area contributed by atoms with E-state index in [1.54, 1.807) is 49.6 Å². The third kappa shape index (κ3) is 4.72. The van der Waals surface area contributed by atoms with E-state index in [1.165, 1.54) is 26.0 Å². The minimum atomic E-state index is -0.233. The molecule has 1 amide bonds. The zero-order valence-corrected chi connectivity index (χ0v) is 16.4. The summed E-state index contributed by atoms with van der Waals surface area (Å²) in [6.07, 6.45) is 0. The normalized spacial score (nSPS) is 10.2. The Morgan fingerprint density at radius 3 is 2.14 bits per heavy atom. The van der Waals surface area contributed by atoms with Crippen LogP contribution in [-0.4, -0.2) is 37.2 Å². The lowest BCUT2D eigenvalue weighted by Gasteiger charge is -2.11. The number of hydrogen-bond donors (Lipinski definition) is 1. The van der Waals surface area contributed by atoms with Gasteiger partial charge < -0.3 is 19.5 Å². The quantitative estimate of drug-likeness (QED) is 0.605. The van der Waals surface area contributed by atoms with Gasteiger partial charge in [0.15, 0.2) is 5.16 Å². The van der Waals surface area contributed by atoms with Gasteiger partial charge in [-0.05, 0) is 48.2 Å². The van der Waals surface area contributed by atoms with Gasteiger partial charge in [0, 0.05) is 10.6 Å². The van der Waals surface area contributed by atoms with Crippen LogP contribution in [0.2, 0.25) is 0 Å². The van der Waals surface area contributed by atoms with Gasteiger partial charge in [-0.15, -0.1) is 0 Å². The number of methoxy groups -OCH3 is 3. The maximum Gasteiger partial charge on any atom is 0.256 e. The molecule has 1 N–H and O–H groups in total. The monoisotopic (exact) mass is 397 g/mol. The lowest BCUT2D eigenvalue weighted by molar-refractivity contribution is 0.102. The molecule has 7 nitrogen and oxygen atoms in total. The van der Waals surface area contributed by atoms with Crippen LogP contribution < -0.4 is 19.5 Å². The fourth-order valence-electron chi connectivity index (χ4n) is 2.35. The number of amides is 1. The molecule has 1 heterocycles. The van der Waals surface area contributed by atoms with E-state index in [0.717, 1.165) is 5.75 Å². The van der Waals surface area contributed by atoms with Crippen molar-refractivity contribution < 1.29 is 19.0 Å². The molecule has 0 unspecified atom stereocenters. The van der Waals surface area contributed by atoms with Crippen LogP contribution >= 0.6 is 11.8 Å². The van der Waals surface area contributed by atoms with Crippen molar-refractivity contribution in [3.63, 3.8) is 0 Å². The van der Waals surface area contributed by atoms with Crippen molar-refractivity contribution in [3.8, 4) is 17.5 Å². The second-order valence-electron chi connectivity index (χ2n) is 5.52. The summed E-state index contributed by atoms with van der Waals surface area (Å²) >= 11 is 1.26. The van der Waals surface area contributed by atoms with Crippen molar-refractivity contribution in [2.75, 3.05) is 26.6 Å². The summed E-state index contributed by atoms with van der Waals surface area (Å²) in [4.78, 5) is 22.1. The van der Waals surface area contributed by atoms with Gasteiger partial charge in [0.2, 0.25) is 11.8 Å². The molecule has 0 aliphatic carbocycles. The number of nitrogens with zero attached hydrogens (tertiary/aromatic N) is 2. The van der Waals surface area contributed by atoms with Crippen molar-refractivity contribution in [1.29, 1.82) is 0 Å². The van der Waals surface area contributed by atoms with Gasteiger partial charge in [-0.2, -0.15) is 9.97 Å². The topological polar surface area (TPSA) is 82.6 Å². The van der Waals surface area contributed by atoms with E-state index in [-0.39, 0.29) is 5.91 Å². The summed E-state index contributed by atoms with van der Waals surface area (Å²) in [6, 6.07) is 16.0. The predicted octanol–water partition coefficient (Wildman–Crippen LogP) is 3.91. The third-order valence-corrected chi connectivity index (χ3v) is 4.70. The van der Waals surface area contributed by atoms with Crippen LogP contribution in [-0.2, 0) is 0 Å². The Morgan fingerprint density at radius 1 is 0.893 bits per heavy atom. The summed E-state index contributed by atoms with van der Waals surface area (Å²) in [5.74, 6) is 1.25. The first-order chi connectivity index (χ1) is 13.6. The van der Waals surface area contributed by atoms with Crippen LogP contribution in [0.4, 0.5) is 5.69 Å². The highest BCUT2D eigenvalue weighted by atomic mass is 32.2. The molecule has 0 saturated carbocycles. The molecule has 3 rings (SSSR count). The average Bonchev–Trinajstić information content (AvgIpc) is 2.74. The van der Waals surface area contributed by atoms with E-state index in [0.29, 0.717) is 33.1 Å². The number of rotatable bonds is 7. The molecule has 8 heteroatoms. The molecule has 0 saturated heterocycles. The Labute approximate surface area is 167 Å². The molecule has 1 aromatic heterocycles. The third-order valence-electron chi connectivity index (χ3n) is 3.76. The predicted molar refractivity (Wildman–Crippen MR) is 107 cm³/mol. The van der Waals surface area contributed by atoms with Gasteiger partial charge in [0.25, 0.3) is 5.91 Å². The lowest BCUT2D eigenvalue weighted by Crippen LogP contribution is -2.13. The number of nitrogens with one attached hydrogen (secondary N) is 1. The number of anilines is 1. The van der Waals surface area contributed by atoms with Gasteiger partial charge in [-0.1, -0.05) is 12.1 Å². The standard InChI is InChI=1S/C20H19N3O4S/c1-25-14-10-8-13(9-11-14)21-19(24)15-6-4-5-7-16(15)28-20-22-17(26-2)12-18(23-20)27-3/h4-12H,1-3H3,(H,21,24). The summed E-state index contributed by atoms with van der Waals surface area (Å²) in [5.41, 5.74) is 1.18. The highest BCUT2D eigenvalue weighted by Gasteiger charge is 2.15. The number of carbonyl (C=O) groups excluding carboxylic acids is 1. The molecule has 0 aliphatic heterocycles. The number of aromatic nitrogens is 2. The zero-order chi connectivity index (χ0) is 19.9. The minimum absolute atomic E-state index is 0.233. The molecule has 0 bridgehead atoms. The fourth-order valence-corrected chi connectivity index (χ4v) is 3.24. The second kappa shape index (κ2) is 9.09. The first kappa shape index (κ1) is 19.5. The highest BCUT2D eigenvalue weighted by molar-refractivity contribution is 7.99. The van der Waals surface area contributed by atoms with Crippen LogP contribution in [0.5, 0.6) is 17.5 Å². The van der Waals surface area contributed by atoms with Gasteiger partial charge in [0.1, 0.15) is 5.75 Å². The molecular formula is C20H19N3O4S. The summed E-state index contributed by atoms with van der Waals surface area (Å²) < 4.78 is 15.5. The van der Waals surface area contributed by atoms with Crippen LogP contribution in [0.25, 0.3) is 0 Å². The number of carbonyl (C=O) groups is 1. The summed E-state index contributed by atoms with van der Waals surface area (Å²) in [6.45, 7) is 0. The van der Waals surface area contributed by atoms with Gasteiger partial charge >= 0.3 is 0 Å². The van der Waals surface area contributed by atoms with E-state index in [2.05, 4.69) is 15.3 Å². The molecule has 0 spiro atoms. The summed E-state index contributed by atoms with van der Waals surface area (Å²) in [5, 5.41) is 3.30. The van der Waals surface area contributed by atoms with Crippen molar-refractivity contribution >= 4 is 23.4 Å². The number of ether oxygens (including phenoxy) is 3. The number of hydrogen-bond acceptors (Lipinski definition) is 7. The van der Waals surface area contributed by atoms with Crippen molar-refractivity contribution in [1.82, 2.24) is 9.97 Å². The summed E-state index contributed by atoms with van der Waals surface area (Å²) in [7, 11) is 4.63. The molecule has 28 heavy (non-hydrogen) atoms. The molecule has 144 valence electrons. The largest absolute Gasteiger partial charge is 0.497 e. The van der Waals surface area contributed by atoms with E-state index in [1.807, 2.05) is 12.1 Å². The smallest absolute Gasteiger partial charge is 0.256 e. The molecule has 2 aromatic carbocycles. The van der Waals surface area contributed by atoms with Crippen molar-refractivity contribution in [3.05, 3.63) is 60.2 Å².